The second kappa shape index (κ2) is 6.02. The molecule has 2 atom stereocenters. The summed E-state index contributed by atoms with van der Waals surface area (Å²) in [7, 11) is 1.99. The Kier molecular flexibility index (Phi) is 4.97. The van der Waals surface area contributed by atoms with Gasteiger partial charge in [0.1, 0.15) is 0 Å². The molecule has 0 bridgehead atoms. The molecule has 0 saturated heterocycles. The smallest absolute Gasteiger partial charge is 0.0845 e. The number of nitrogens with one attached hydrogen (secondary N) is 1. The lowest BCUT2D eigenvalue weighted by atomic mass is 9.88. The van der Waals surface area contributed by atoms with Gasteiger partial charge in [-0.25, -0.2) is 0 Å². The average Bonchev–Trinajstić information content (AvgIpc) is 2.31. The SMILES string of the molecule is CCOC(C)(CC)C(NC)c1ccccc1. The van der Waals surface area contributed by atoms with Gasteiger partial charge in [-0.3, -0.25) is 0 Å². The Morgan fingerprint density at radius 3 is 2.31 bits per heavy atom. The van der Waals surface area contributed by atoms with Crippen molar-refractivity contribution in [2.24, 2.45) is 0 Å². The lowest BCUT2D eigenvalue weighted by Crippen LogP contribution is -2.42. The fourth-order valence-corrected chi connectivity index (χ4v) is 2.19. The van der Waals surface area contributed by atoms with Gasteiger partial charge in [-0.05, 0) is 32.9 Å². The maximum atomic E-state index is 5.92. The highest BCUT2D eigenvalue weighted by Gasteiger charge is 2.33. The molecule has 1 aromatic carbocycles. The Labute approximate surface area is 99.0 Å². The van der Waals surface area contributed by atoms with Crippen LogP contribution in [0.4, 0.5) is 0 Å². The van der Waals surface area contributed by atoms with E-state index in [1.807, 2.05) is 20.0 Å². The molecule has 1 aromatic rings. The topological polar surface area (TPSA) is 21.3 Å². The number of likely N-dealkylation sites (N-methyl/N-ethyl adjacent to an activating group) is 1. The normalized spacial score (nSPS) is 16.8. The van der Waals surface area contributed by atoms with Crippen molar-refractivity contribution in [3.05, 3.63) is 35.9 Å². The highest BCUT2D eigenvalue weighted by molar-refractivity contribution is 5.22. The third-order valence-corrected chi connectivity index (χ3v) is 3.21. The molecule has 0 aliphatic carbocycles. The van der Waals surface area contributed by atoms with Crippen LogP contribution in [-0.4, -0.2) is 19.3 Å². The first-order valence-electron chi connectivity index (χ1n) is 6.04. The minimum atomic E-state index is -0.148. The summed E-state index contributed by atoms with van der Waals surface area (Å²) < 4.78 is 5.92. The van der Waals surface area contributed by atoms with Crippen molar-refractivity contribution in [1.29, 1.82) is 0 Å². The van der Waals surface area contributed by atoms with E-state index in [4.69, 9.17) is 4.74 Å². The van der Waals surface area contributed by atoms with Crippen molar-refractivity contribution < 1.29 is 4.74 Å². The molecule has 2 unspecified atom stereocenters. The van der Waals surface area contributed by atoms with Crippen LogP contribution in [0.3, 0.4) is 0 Å². The van der Waals surface area contributed by atoms with E-state index in [9.17, 15) is 0 Å². The van der Waals surface area contributed by atoms with Gasteiger partial charge in [0.05, 0.1) is 11.6 Å². The predicted molar refractivity (Wildman–Crippen MR) is 68.6 cm³/mol. The summed E-state index contributed by atoms with van der Waals surface area (Å²) in [6, 6.07) is 10.7. The molecule has 1 N–H and O–H groups in total. The van der Waals surface area contributed by atoms with Gasteiger partial charge in [0.2, 0.25) is 0 Å². The summed E-state index contributed by atoms with van der Waals surface area (Å²) in [6.45, 7) is 7.13. The number of hydrogen-bond donors (Lipinski definition) is 1. The van der Waals surface area contributed by atoms with Gasteiger partial charge in [-0.2, -0.15) is 0 Å². The van der Waals surface area contributed by atoms with E-state index in [1.165, 1.54) is 5.56 Å². The molecule has 0 amide bonds. The van der Waals surface area contributed by atoms with Gasteiger partial charge in [0, 0.05) is 6.61 Å². The number of ether oxygens (including phenoxy) is 1. The minimum absolute atomic E-state index is 0.148. The maximum absolute atomic E-state index is 5.92. The van der Waals surface area contributed by atoms with Crippen LogP contribution in [0.25, 0.3) is 0 Å². The zero-order chi connectivity index (χ0) is 12.0. The molecule has 0 aliphatic heterocycles. The fourth-order valence-electron chi connectivity index (χ4n) is 2.19. The first-order chi connectivity index (χ1) is 7.68. The molecule has 0 spiro atoms. The summed E-state index contributed by atoms with van der Waals surface area (Å²) in [5, 5.41) is 3.37. The molecule has 0 saturated carbocycles. The first kappa shape index (κ1) is 13.2. The third-order valence-electron chi connectivity index (χ3n) is 3.21. The standard InChI is InChI=1S/C14H23NO/c1-5-14(3,16-6-2)13(15-4)12-10-8-7-9-11-12/h7-11,13,15H,5-6H2,1-4H3. The zero-order valence-electron chi connectivity index (χ0n) is 10.8. The minimum Gasteiger partial charge on any atom is -0.374 e. The van der Waals surface area contributed by atoms with Gasteiger partial charge in [-0.1, -0.05) is 37.3 Å². The van der Waals surface area contributed by atoms with Crippen molar-refractivity contribution in [2.45, 2.75) is 38.8 Å². The van der Waals surface area contributed by atoms with E-state index < -0.39 is 0 Å². The summed E-state index contributed by atoms with van der Waals surface area (Å²) in [6.07, 6.45) is 0.987. The predicted octanol–water partition coefficient (Wildman–Crippen LogP) is 3.15. The van der Waals surface area contributed by atoms with Crippen molar-refractivity contribution in [1.82, 2.24) is 5.32 Å². The second-order valence-electron chi connectivity index (χ2n) is 4.23. The molecule has 0 aromatic heterocycles. The molecule has 0 heterocycles. The summed E-state index contributed by atoms with van der Waals surface area (Å²) in [5.74, 6) is 0. The molecule has 0 radical (unpaired) electrons. The van der Waals surface area contributed by atoms with Crippen molar-refractivity contribution >= 4 is 0 Å². The average molecular weight is 221 g/mol. The van der Waals surface area contributed by atoms with Crippen LogP contribution in [-0.2, 0) is 4.74 Å². The molecule has 90 valence electrons. The monoisotopic (exact) mass is 221 g/mol. The zero-order valence-corrected chi connectivity index (χ0v) is 10.8. The first-order valence-corrected chi connectivity index (χ1v) is 6.04. The van der Waals surface area contributed by atoms with Gasteiger partial charge in [0.25, 0.3) is 0 Å². The quantitative estimate of drug-likeness (QED) is 0.796. The van der Waals surface area contributed by atoms with Crippen LogP contribution in [0.2, 0.25) is 0 Å². The van der Waals surface area contributed by atoms with Crippen molar-refractivity contribution in [3.63, 3.8) is 0 Å². The highest BCUT2D eigenvalue weighted by Crippen LogP contribution is 2.31. The van der Waals surface area contributed by atoms with Crippen LogP contribution in [0.5, 0.6) is 0 Å². The number of hydrogen-bond acceptors (Lipinski definition) is 2. The Morgan fingerprint density at radius 1 is 1.25 bits per heavy atom. The van der Waals surface area contributed by atoms with E-state index in [1.54, 1.807) is 0 Å². The van der Waals surface area contributed by atoms with E-state index in [2.05, 4.69) is 43.4 Å². The van der Waals surface area contributed by atoms with Gasteiger partial charge >= 0.3 is 0 Å². The van der Waals surface area contributed by atoms with Gasteiger partial charge < -0.3 is 10.1 Å². The van der Waals surface area contributed by atoms with Crippen LogP contribution >= 0.6 is 0 Å². The lowest BCUT2D eigenvalue weighted by molar-refractivity contribution is -0.0546. The van der Waals surface area contributed by atoms with E-state index in [0.717, 1.165) is 13.0 Å². The maximum Gasteiger partial charge on any atom is 0.0845 e. The van der Waals surface area contributed by atoms with Crippen LogP contribution in [0.15, 0.2) is 30.3 Å². The number of benzene rings is 1. The van der Waals surface area contributed by atoms with Crippen LogP contribution < -0.4 is 5.32 Å². The second-order valence-corrected chi connectivity index (χ2v) is 4.23. The van der Waals surface area contributed by atoms with E-state index in [0.29, 0.717) is 0 Å². The molecular formula is C14H23NO. The molecule has 0 aliphatic rings. The largest absolute Gasteiger partial charge is 0.374 e. The molecular weight excluding hydrogens is 198 g/mol. The fraction of sp³-hybridized carbons (Fsp3) is 0.571. The summed E-state index contributed by atoms with van der Waals surface area (Å²) >= 11 is 0. The highest BCUT2D eigenvalue weighted by atomic mass is 16.5. The lowest BCUT2D eigenvalue weighted by Gasteiger charge is -2.37. The van der Waals surface area contributed by atoms with Crippen molar-refractivity contribution in [2.75, 3.05) is 13.7 Å². The van der Waals surface area contributed by atoms with Crippen LogP contribution in [0, 0.1) is 0 Å². The Bertz CT molecular complexity index is 299. The van der Waals surface area contributed by atoms with Crippen LogP contribution in [0.1, 0.15) is 38.8 Å². The van der Waals surface area contributed by atoms with Crippen molar-refractivity contribution in [3.8, 4) is 0 Å². The number of rotatable bonds is 6. The van der Waals surface area contributed by atoms with E-state index >= 15 is 0 Å². The summed E-state index contributed by atoms with van der Waals surface area (Å²) in [4.78, 5) is 0. The Balaban J connectivity index is 2.96. The third kappa shape index (κ3) is 2.83. The van der Waals surface area contributed by atoms with Gasteiger partial charge in [0.15, 0.2) is 0 Å². The van der Waals surface area contributed by atoms with Gasteiger partial charge in [-0.15, -0.1) is 0 Å². The van der Waals surface area contributed by atoms with E-state index in [-0.39, 0.29) is 11.6 Å². The molecule has 2 heteroatoms. The Hall–Kier alpha value is -0.860. The molecule has 0 fully saturated rings. The molecule has 16 heavy (non-hydrogen) atoms. The molecule has 1 rings (SSSR count). The Morgan fingerprint density at radius 2 is 1.88 bits per heavy atom. The summed E-state index contributed by atoms with van der Waals surface area (Å²) in [5.41, 5.74) is 1.13. The molecule has 2 nitrogen and oxygen atoms in total.